The Labute approximate surface area is 216 Å². The summed E-state index contributed by atoms with van der Waals surface area (Å²) < 4.78 is 76.0. The van der Waals surface area contributed by atoms with E-state index in [-0.39, 0.29) is 30.0 Å². The second-order valence-corrected chi connectivity index (χ2v) is 9.47. The second-order valence-electron chi connectivity index (χ2n) is 8.47. The van der Waals surface area contributed by atoms with Crippen molar-refractivity contribution in [2.75, 3.05) is 6.61 Å². The molecule has 202 valence electrons. The molecule has 0 aliphatic carbocycles. The molecule has 0 bridgehead atoms. The number of benzene rings is 1. The lowest BCUT2D eigenvalue weighted by Crippen LogP contribution is -2.31. The van der Waals surface area contributed by atoms with E-state index in [9.17, 15) is 31.5 Å². The molecule has 7 nitrogen and oxygen atoms in total. The minimum absolute atomic E-state index is 0.0325. The van der Waals surface area contributed by atoms with Crippen molar-refractivity contribution in [1.29, 1.82) is 0 Å². The van der Waals surface area contributed by atoms with E-state index in [2.05, 4.69) is 14.7 Å². The van der Waals surface area contributed by atoms with Crippen LogP contribution in [0.15, 0.2) is 52.2 Å². The van der Waals surface area contributed by atoms with Crippen molar-refractivity contribution in [2.45, 2.75) is 45.3 Å². The first-order valence-electron chi connectivity index (χ1n) is 11.4. The molecule has 0 radical (unpaired) electrons. The van der Waals surface area contributed by atoms with E-state index in [0.29, 0.717) is 26.6 Å². The number of nitrogens with zero attached hydrogens (tertiary/aromatic N) is 2. The minimum atomic E-state index is -4.44. The van der Waals surface area contributed by atoms with E-state index in [1.165, 1.54) is 37.4 Å². The molecule has 1 N–H and O–H groups in total. The highest BCUT2D eigenvalue weighted by atomic mass is 32.1. The predicted octanol–water partition coefficient (Wildman–Crippen LogP) is 6.29. The minimum Gasteiger partial charge on any atom is -0.484 e. The number of pyridine rings is 1. The van der Waals surface area contributed by atoms with Crippen molar-refractivity contribution in [3.63, 3.8) is 0 Å². The third-order valence-electron chi connectivity index (χ3n) is 5.73. The number of aromatic amines is 1. The van der Waals surface area contributed by atoms with Crippen molar-refractivity contribution >= 4 is 21.6 Å². The Balaban J connectivity index is 1.56. The lowest BCUT2D eigenvalue weighted by atomic mass is 10.1. The number of ether oxygens (including phenoxy) is 2. The highest BCUT2D eigenvalue weighted by Gasteiger charge is 2.28. The molecule has 0 spiro atoms. The van der Waals surface area contributed by atoms with Gasteiger partial charge in [0.1, 0.15) is 16.3 Å². The van der Waals surface area contributed by atoms with Crippen molar-refractivity contribution in [3.8, 4) is 27.8 Å². The van der Waals surface area contributed by atoms with Gasteiger partial charge in [0.2, 0.25) is 11.8 Å². The average molecular weight is 556 g/mol. The van der Waals surface area contributed by atoms with Crippen LogP contribution in [-0.4, -0.2) is 33.2 Å². The van der Waals surface area contributed by atoms with Gasteiger partial charge in [-0.15, -0.1) is 11.3 Å². The van der Waals surface area contributed by atoms with Gasteiger partial charge >= 0.3 is 11.9 Å². The van der Waals surface area contributed by atoms with Crippen LogP contribution in [-0.2, 0) is 6.54 Å². The van der Waals surface area contributed by atoms with Crippen LogP contribution in [0.3, 0.4) is 0 Å². The monoisotopic (exact) mass is 555 g/mol. The van der Waals surface area contributed by atoms with Gasteiger partial charge < -0.3 is 9.47 Å². The van der Waals surface area contributed by atoms with E-state index in [4.69, 9.17) is 4.74 Å². The Bertz CT molecular complexity index is 1540. The standard InChI is InChI=1S/C25H22F5N3O4S/c1-3-24(26,27)10-11-33-22-19(21(34)32-23(33)35)14(2)20(38-22)15-4-9-18(31-12-15)37-17-7-5-16(6-8-17)36-13-25(28,29)30/h4-9,12H,3,10-11,13H2,1-2H3,(H,32,34,35). The summed E-state index contributed by atoms with van der Waals surface area (Å²) in [6.45, 7) is 1.41. The SMILES string of the molecule is CCC(F)(F)CCn1c(=O)[nH]c(=O)c2c(C)c(-c3ccc(Oc4ccc(OCC(F)(F)F)cc4)nc3)sc21. The fourth-order valence-electron chi connectivity index (χ4n) is 3.67. The van der Waals surface area contributed by atoms with E-state index in [1.807, 2.05) is 0 Å². The molecule has 38 heavy (non-hydrogen) atoms. The second kappa shape index (κ2) is 10.6. The van der Waals surface area contributed by atoms with E-state index < -0.39 is 36.4 Å². The highest BCUT2D eigenvalue weighted by Crippen LogP contribution is 2.37. The first-order valence-corrected chi connectivity index (χ1v) is 12.3. The van der Waals surface area contributed by atoms with Crippen LogP contribution >= 0.6 is 11.3 Å². The van der Waals surface area contributed by atoms with E-state index in [0.717, 1.165) is 15.9 Å². The Morgan fingerprint density at radius 2 is 1.71 bits per heavy atom. The number of hydrogen-bond donors (Lipinski definition) is 1. The van der Waals surface area contributed by atoms with Gasteiger partial charge in [-0.05, 0) is 42.8 Å². The first kappa shape index (κ1) is 27.3. The number of halogens is 5. The fourth-order valence-corrected chi connectivity index (χ4v) is 4.99. The van der Waals surface area contributed by atoms with Crippen LogP contribution in [0.2, 0.25) is 0 Å². The van der Waals surface area contributed by atoms with E-state index >= 15 is 0 Å². The van der Waals surface area contributed by atoms with Gasteiger partial charge in [0.15, 0.2) is 6.61 Å². The normalized spacial score (nSPS) is 12.2. The molecule has 4 rings (SSSR count). The number of alkyl halides is 5. The molecule has 0 unspecified atom stereocenters. The Kier molecular flexibility index (Phi) is 7.58. The molecule has 4 aromatic rings. The predicted molar refractivity (Wildman–Crippen MR) is 133 cm³/mol. The number of H-pyrrole nitrogens is 1. The lowest BCUT2D eigenvalue weighted by molar-refractivity contribution is -0.153. The number of aryl methyl sites for hydroxylation is 2. The van der Waals surface area contributed by atoms with Gasteiger partial charge in [-0.3, -0.25) is 14.3 Å². The van der Waals surface area contributed by atoms with Crippen LogP contribution in [0.1, 0.15) is 25.3 Å². The molecule has 3 heterocycles. The zero-order chi connectivity index (χ0) is 27.7. The van der Waals surface area contributed by atoms with Crippen molar-refractivity contribution in [1.82, 2.24) is 14.5 Å². The molecule has 13 heteroatoms. The first-order chi connectivity index (χ1) is 17.9. The molecule has 0 atom stereocenters. The summed E-state index contributed by atoms with van der Waals surface area (Å²) in [5, 5.41) is 0.248. The number of hydrogen-bond acceptors (Lipinski definition) is 6. The summed E-state index contributed by atoms with van der Waals surface area (Å²) in [7, 11) is 0. The maximum Gasteiger partial charge on any atom is 0.422 e. The van der Waals surface area contributed by atoms with Crippen LogP contribution in [0.5, 0.6) is 17.4 Å². The highest BCUT2D eigenvalue weighted by molar-refractivity contribution is 7.22. The van der Waals surface area contributed by atoms with Crippen molar-refractivity contribution < 1.29 is 31.4 Å². The van der Waals surface area contributed by atoms with Gasteiger partial charge in [0.25, 0.3) is 5.56 Å². The van der Waals surface area contributed by atoms with Gasteiger partial charge in [-0.1, -0.05) is 6.92 Å². The number of thiophene rings is 1. The number of aromatic nitrogens is 3. The molecular formula is C25H22F5N3O4S. The Morgan fingerprint density at radius 1 is 1.03 bits per heavy atom. The fraction of sp³-hybridized carbons (Fsp3) is 0.320. The summed E-state index contributed by atoms with van der Waals surface area (Å²) in [6, 6.07) is 8.79. The molecule has 0 saturated heterocycles. The molecule has 0 fully saturated rings. The summed E-state index contributed by atoms with van der Waals surface area (Å²) in [5.41, 5.74) is -0.158. The maximum atomic E-state index is 13.8. The summed E-state index contributed by atoms with van der Waals surface area (Å²) in [4.78, 5) is 32.3. The van der Waals surface area contributed by atoms with Crippen LogP contribution in [0, 0.1) is 6.92 Å². The summed E-state index contributed by atoms with van der Waals surface area (Å²) in [5.74, 6) is -2.38. The van der Waals surface area contributed by atoms with Gasteiger partial charge in [0, 0.05) is 42.1 Å². The molecule has 0 aliphatic heterocycles. The average Bonchev–Trinajstić information content (AvgIpc) is 3.20. The summed E-state index contributed by atoms with van der Waals surface area (Å²) in [6.07, 6.45) is -3.85. The topological polar surface area (TPSA) is 86.2 Å². The maximum absolute atomic E-state index is 13.8. The quantitative estimate of drug-likeness (QED) is 0.245. The molecular weight excluding hydrogens is 533 g/mol. The van der Waals surface area contributed by atoms with Crippen LogP contribution in [0.25, 0.3) is 20.7 Å². The van der Waals surface area contributed by atoms with Crippen LogP contribution < -0.4 is 20.7 Å². The van der Waals surface area contributed by atoms with Crippen molar-refractivity contribution in [3.05, 3.63) is 69.0 Å². The van der Waals surface area contributed by atoms with Crippen LogP contribution in [0.4, 0.5) is 22.0 Å². The largest absolute Gasteiger partial charge is 0.484 e. The Morgan fingerprint density at radius 3 is 2.32 bits per heavy atom. The molecule has 0 aliphatic rings. The number of fused-ring (bicyclic) bond motifs is 1. The van der Waals surface area contributed by atoms with Gasteiger partial charge in [0.05, 0.1) is 5.39 Å². The zero-order valence-corrected chi connectivity index (χ0v) is 21.0. The number of nitrogens with one attached hydrogen (secondary N) is 1. The lowest BCUT2D eigenvalue weighted by Gasteiger charge is -2.14. The molecule has 1 aromatic carbocycles. The van der Waals surface area contributed by atoms with Gasteiger partial charge in [-0.2, -0.15) is 13.2 Å². The number of rotatable bonds is 9. The third kappa shape index (κ3) is 6.21. The molecule has 3 aromatic heterocycles. The summed E-state index contributed by atoms with van der Waals surface area (Å²) >= 11 is 1.13. The van der Waals surface area contributed by atoms with Crippen molar-refractivity contribution in [2.24, 2.45) is 0 Å². The third-order valence-corrected chi connectivity index (χ3v) is 7.10. The smallest absolute Gasteiger partial charge is 0.422 e. The van der Waals surface area contributed by atoms with Gasteiger partial charge in [-0.25, -0.2) is 18.6 Å². The Hall–Kier alpha value is -3.74. The molecule has 0 saturated carbocycles. The zero-order valence-electron chi connectivity index (χ0n) is 20.2. The molecule has 0 amide bonds. The van der Waals surface area contributed by atoms with E-state index in [1.54, 1.807) is 19.1 Å².